The molecular weight excluding hydrogens is 699 g/mol. The Bertz CT molecular complexity index is 2070. The molecular formula is C36H33N3O10S2. The standard InChI is InChI=1S/C36H33N3O10S2/c1-5-48-34(43)19-7-12-22(13-8-19)37-26(40)18-38-33-30(51-36(38)45)27(21-11-16-24(46-3)25(17-21)47-4)28-29(50-33)32(42)39(31(28)41)23-14-9-20(10-15-23)35(44)49-6-2/h7-17,27-29H,5-6,18H2,1-4H3,(H,37,40)/t27-,28?,29?/m0/s1. The van der Waals surface area contributed by atoms with Gasteiger partial charge in [0, 0.05) is 16.5 Å². The summed E-state index contributed by atoms with van der Waals surface area (Å²) in [7, 11) is 2.98. The number of imide groups is 1. The lowest BCUT2D eigenvalue weighted by atomic mass is 9.83. The van der Waals surface area contributed by atoms with Gasteiger partial charge < -0.3 is 24.3 Å². The Hall–Kier alpha value is -5.41. The van der Waals surface area contributed by atoms with E-state index in [0.29, 0.717) is 38.2 Å². The Morgan fingerprint density at radius 3 is 1.98 bits per heavy atom. The highest BCUT2D eigenvalue weighted by Gasteiger charge is 2.57. The fraction of sp³-hybridized carbons (Fsp3) is 0.278. The smallest absolute Gasteiger partial charge is 0.338 e. The predicted molar refractivity (Wildman–Crippen MR) is 189 cm³/mol. The van der Waals surface area contributed by atoms with Crippen molar-refractivity contribution >= 4 is 64.1 Å². The summed E-state index contributed by atoms with van der Waals surface area (Å²) in [4.78, 5) is 80.7. The van der Waals surface area contributed by atoms with Gasteiger partial charge in [-0.15, -0.1) is 0 Å². The van der Waals surface area contributed by atoms with Gasteiger partial charge in [-0.25, -0.2) is 14.5 Å². The van der Waals surface area contributed by atoms with Gasteiger partial charge in [-0.2, -0.15) is 0 Å². The molecule has 13 nitrogen and oxygen atoms in total. The summed E-state index contributed by atoms with van der Waals surface area (Å²) >= 11 is 1.98. The van der Waals surface area contributed by atoms with Gasteiger partial charge in [0.1, 0.15) is 11.8 Å². The zero-order valence-electron chi connectivity index (χ0n) is 28.0. The normalized spacial score (nSPS) is 17.7. The molecule has 0 bridgehead atoms. The van der Waals surface area contributed by atoms with E-state index in [1.54, 1.807) is 44.2 Å². The molecule has 15 heteroatoms. The maximum Gasteiger partial charge on any atom is 0.338 e. The van der Waals surface area contributed by atoms with E-state index in [4.69, 9.17) is 18.9 Å². The fourth-order valence-corrected chi connectivity index (χ4v) is 8.90. The maximum absolute atomic E-state index is 14.3. The number of rotatable bonds is 11. The number of nitrogens with one attached hydrogen (secondary N) is 1. The molecule has 0 saturated carbocycles. The number of fused-ring (bicyclic) bond motifs is 2. The van der Waals surface area contributed by atoms with Crippen LogP contribution in [0, 0.1) is 5.92 Å². The van der Waals surface area contributed by atoms with E-state index in [0.717, 1.165) is 28.0 Å². The molecule has 2 unspecified atom stereocenters. The minimum atomic E-state index is -0.938. The molecule has 6 rings (SSSR count). The molecule has 0 spiro atoms. The average Bonchev–Trinajstić information content (AvgIpc) is 3.57. The third-order valence-corrected chi connectivity index (χ3v) is 11.0. The maximum atomic E-state index is 14.3. The summed E-state index contributed by atoms with van der Waals surface area (Å²) < 4.78 is 22.4. The molecule has 2 aliphatic rings. The first-order chi connectivity index (χ1) is 24.6. The number of benzene rings is 3. The number of ether oxygens (including phenoxy) is 4. The number of esters is 2. The molecule has 1 N–H and O–H groups in total. The first-order valence-electron chi connectivity index (χ1n) is 15.9. The predicted octanol–water partition coefficient (Wildman–Crippen LogP) is 4.71. The molecule has 0 aliphatic carbocycles. The minimum Gasteiger partial charge on any atom is -0.493 e. The summed E-state index contributed by atoms with van der Waals surface area (Å²) in [6.07, 6.45) is 0. The Morgan fingerprint density at radius 1 is 0.784 bits per heavy atom. The highest BCUT2D eigenvalue weighted by atomic mass is 32.2. The summed E-state index contributed by atoms with van der Waals surface area (Å²) in [5.41, 5.74) is 1.90. The van der Waals surface area contributed by atoms with Crippen LogP contribution in [0.2, 0.25) is 0 Å². The molecule has 3 heterocycles. The second kappa shape index (κ2) is 14.8. The van der Waals surface area contributed by atoms with E-state index < -0.39 is 51.6 Å². The summed E-state index contributed by atoms with van der Waals surface area (Å²) in [6.45, 7) is 3.46. The van der Waals surface area contributed by atoms with Gasteiger partial charge in [0.2, 0.25) is 17.7 Å². The summed E-state index contributed by atoms with van der Waals surface area (Å²) in [6, 6.07) is 17.4. The Kier molecular flexibility index (Phi) is 10.3. The Labute approximate surface area is 300 Å². The molecule has 2 aliphatic heterocycles. The molecule has 3 amide bonds. The van der Waals surface area contributed by atoms with Crippen LogP contribution in [0.4, 0.5) is 11.4 Å². The lowest BCUT2D eigenvalue weighted by molar-refractivity contribution is -0.122. The van der Waals surface area contributed by atoms with Crippen molar-refractivity contribution in [1.82, 2.24) is 4.57 Å². The molecule has 3 aromatic carbocycles. The second-order valence-electron chi connectivity index (χ2n) is 11.4. The van der Waals surface area contributed by atoms with E-state index in [2.05, 4.69) is 5.32 Å². The third kappa shape index (κ3) is 6.73. The van der Waals surface area contributed by atoms with Crippen LogP contribution in [-0.4, -0.2) is 66.9 Å². The van der Waals surface area contributed by atoms with Crippen molar-refractivity contribution in [3.63, 3.8) is 0 Å². The van der Waals surface area contributed by atoms with Crippen LogP contribution < -0.4 is 24.6 Å². The second-order valence-corrected chi connectivity index (χ2v) is 13.5. The zero-order valence-corrected chi connectivity index (χ0v) is 29.6. The number of anilines is 2. The number of amides is 3. The molecule has 0 radical (unpaired) electrons. The third-order valence-electron chi connectivity index (χ3n) is 8.43. The van der Waals surface area contributed by atoms with Crippen molar-refractivity contribution in [2.75, 3.05) is 37.7 Å². The van der Waals surface area contributed by atoms with E-state index >= 15 is 0 Å². The SMILES string of the molecule is CCOC(=O)c1ccc(NC(=O)Cn2c3c(sc2=O)[C@@H](c2ccc(OC)c(OC)c2)C2C(=O)N(c4ccc(C(=O)OCC)cc4)C(=O)C2S3)cc1. The van der Waals surface area contributed by atoms with Crippen molar-refractivity contribution < 1.29 is 42.9 Å². The van der Waals surface area contributed by atoms with Gasteiger partial charge in [-0.3, -0.25) is 23.7 Å². The lowest BCUT2D eigenvalue weighted by Gasteiger charge is -2.31. The number of thiazole rings is 1. The van der Waals surface area contributed by atoms with Crippen LogP contribution >= 0.6 is 23.1 Å². The number of carbonyl (C=O) groups is 5. The van der Waals surface area contributed by atoms with Gasteiger partial charge in [0.05, 0.1) is 55.2 Å². The quantitative estimate of drug-likeness (QED) is 0.168. The first-order valence-corrected chi connectivity index (χ1v) is 17.6. The highest BCUT2D eigenvalue weighted by molar-refractivity contribution is 8.00. The van der Waals surface area contributed by atoms with Crippen LogP contribution in [-0.2, 0) is 30.4 Å². The molecule has 3 atom stereocenters. The first kappa shape index (κ1) is 35.4. The van der Waals surface area contributed by atoms with Crippen LogP contribution in [0.1, 0.15) is 50.9 Å². The molecule has 1 fully saturated rings. The number of hydrogen-bond acceptors (Lipinski definition) is 12. The van der Waals surface area contributed by atoms with Gasteiger partial charge in [-0.05, 0) is 80.1 Å². The zero-order chi connectivity index (χ0) is 36.4. The van der Waals surface area contributed by atoms with Gasteiger partial charge in [-0.1, -0.05) is 29.2 Å². The van der Waals surface area contributed by atoms with Crippen LogP contribution in [0.5, 0.6) is 11.5 Å². The fourth-order valence-electron chi connectivity index (χ4n) is 6.12. The lowest BCUT2D eigenvalue weighted by Crippen LogP contribution is -2.33. The van der Waals surface area contributed by atoms with Crippen molar-refractivity contribution in [1.29, 1.82) is 0 Å². The molecule has 1 saturated heterocycles. The topological polar surface area (TPSA) is 160 Å². The van der Waals surface area contributed by atoms with Crippen molar-refractivity contribution in [3.8, 4) is 11.5 Å². The number of nitrogens with zero attached hydrogens (tertiary/aromatic N) is 2. The Balaban J connectivity index is 1.35. The minimum absolute atomic E-state index is 0.197. The van der Waals surface area contributed by atoms with Crippen molar-refractivity contribution in [3.05, 3.63) is 98.0 Å². The number of aromatic nitrogens is 1. The van der Waals surface area contributed by atoms with Gasteiger partial charge in [0.15, 0.2) is 11.5 Å². The van der Waals surface area contributed by atoms with Gasteiger partial charge in [0.25, 0.3) is 0 Å². The van der Waals surface area contributed by atoms with Crippen LogP contribution in [0.15, 0.2) is 76.6 Å². The summed E-state index contributed by atoms with van der Waals surface area (Å²) in [5, 5.41) is 2.21. The number of thioether (sulfide) groups is 1. The van der Waals surface area contributed by atoms with Crippen LogP contribution in [0.25, 0.3) is 0 Å². The average molecular weight is 732 g/mol. The van der Waals surface area contributed by atoms with E-state index in [1.165, 1.54) is 55.2 Å². The van der Waals surface area contributed by atoms with E-state index in [1.807, 2.05) is 0 Å². The summed E-state index contributed by atoms with van der Waals surface area (Å²) in [5.74, 6) is -3.29. The van der Waals surface area contributed by atoms with Gasteiger partial charge >= 0.3 is 16.8 Å². The largest absolute Gasteiger partial charge is 0.493 e. The Morgan fingerprint density at radius 2 is 1.39 bits per heavy atom. The van der Waals surface area contributed by atoms with E-state index in [-0.39, 0.29) is 31.0 Å². The molecule has 264 valence electrons. The van der Waals surface area contributed by atoms with Crippen molar-refractivity contribution in [2.24, 2.45) is 5.92 Å². The number of hydrogen-bond donors (Lipinski definition) is 1. The highest BCUT2D eigenvalue weighted by Crippen LogP contribution is 2.54. The van der Waals surface area contributed by atoms with Crippen LogP contribution in [0.3, 0.4) is 0 Å². The molecule has 51 heavy (non-hydrogen) atoms. The number of carbonyl (C=O) groups excluding carboxylic acids is 5. The van der Waals surface area contributed by atoms with E-state index in [9.17, 15) is 28.8 Å². The molecule has 1 aromatic heterocycles. The number of methoxy groups -OCH3 is 2. The van der Waals surface area contributed by atoms with Crippen molar-refractivity contribution in [2.45, 2.75) is 36.6 Å². The monoisotopic (exact) mass is 731 g/mol. The molecule has 4 aromatic rings.